The summed E-state index contributed by atoms with van der Waals surface area (Å²) in [6.07, 6.45) is 0. The molecule has 0 aromatic heterocycles. The molecule has 2 rings (SSSR count). The Hall–Kier alpha value is -1.20. The van der Waals surface area contributed by atoms with E-state index in [-0.39, 0.29) is 5.97 Å². The van der Waals surface area contributed by atoms with Crippen LogP contribution in [0.1, 0.15) is 15.9 Å². The molecule has 0 unspecified atom stereocenters. The summed E-state index contributed by atoms with van der Waals surface area (Å²) in [7, 11) is 1.39. The number of hydrogen-bond donors (Lipinski definition) is 2. The number of benzene rings is 1. The molecule has 1 aromatic rings. The van der Waals surface area contributed by atoms with Crippen molar-refractivity contribution in [2.75, 3.05) is 38.2 Å². The molecule has 0 atom stereocenters. The van der Waals surface area contributed by atoms with E-state index in [1.54, 1.807) is 6.07 Å². The summed E-state index contributed by atoms with van der Waals surface area (Å²) < 4.78 is 4.77. The predicted molar refractivity (Wildman–Crippen MR) is 74.9 cm³/mol. The summed E-state index contributed by atoms with van der Waals surface area (Å²) in [4.78, 5) is 14.7. The SMILES string of the molecule is COC(=O)c1cc(S)c(C)c(N2CCNCC2)c1. The average Bonchev–Trinajstić information content (AvgIpc) is 2.41. The Labute approximate surface area is 113 Å². The lowest BCUT2D eigenvalue weighted by atomic mass is 10.1. The highest BCUT2D eigenvalue weighted by molar-refractivity contribution is 7.80. The van der Waals surface area contributed by atoms with Crippen LogP contribution in [-0.2, 0) is 4.74 Å². The summed E-state index contributed by atoms with van der Waals surface area (Å²) in [6, 6.07) is 3.65. The number of nitrogens with zero attached hydrogens (tertiary/aromatic N) is 1. The molecule has 1 fully saturated rings. The van der Waals surface area contributed by atoms with Gasteiger partial charge in [0.25, 0.3) is 0 Å². The topological polar surface area (TPSA) is 41.6 Å². The lowest BCUT2D eigenvalue weighted by molar-refractivity contribution is 0.0600. The van der Waals surface area contributed by atoms with Gasteiger partial charge in [-0.15, -0.1) is 12.6 Å². The lowest BCUT2D eigenvalue weighted by Gasteiger charge is -2.31. The molecule has 1 aliphatic rings. The Kier molecular flexibility index (Phi) is 4.14. The number of anilines is 1. The van der Waals surface area contributed by atoms with Crippen LogP contribution >= 0.6 is 12.6 Å². The molecule has 4 nitrogen and oxygen atoms in total. The molecule has 0 bridgehead atoms. The van der Waals surface area contributed by atoms with Crippen LogP contribution in [0.3, 0.4) is 0 Å². The van der Waals surface area contributed by atoms with Crippen molar-refractivity contribution in [3.63, 3.8) is 0 Å². The van der Waals surface area contributed by atoms with Crippen LogP contribution in [0.15, 0.2) is 17.0 Å². The molecule has 0 radical (unpaired) electrons. The summed E-state index contributed by atoms with van der Waals surface area (Å²) in [5.74, 6) is -0.318. The van der Waals surface area contributed by atoms with Crippen LogP contribution in [-0.4, -0.2) is 39.3 Å². The molecule has 0 aliphatic carbocycles. The molecular formula is C13H18N2O2S. The van der Waals surface area contributed by atoms with Crippen molar-refractivity contribution in [3.8, 4) is 0 Å². The van der Waals surface area contributed by atoms with Gasteiger partial charge in [0, 0.05) is 36.8 Å². The van der Waals surface area contributed by atoms with Crippen LogP contribution in [0.25, 0.3) is 0 Å². The molecule has 18 heavy (non-hydrogen) atoms. The average molecular weight is 266 g/mol. The first-order valence-electron chi connectivity index (χ1n) is 6.01. The van der Waals surface area contributed by atoms with Crippen LogP contribution in [0.2, 0.25) is 0 Å². The number of ether oxygens (including phenoxy) is 1. The minimum Gasteiger partial charge on any atom is -0.465 e. The molecule has 1 heterocycles. The third-order valence-electron chi connectivity index (χ3n) is 3.23. The summed E-state index contributed by atoms with van der Waals surface area (Å²) in [5.41, 5.74) is 2.74. The third-order valence-corrected chi connectivity index (χ3v) is 3.70. The smallest absolute Gasteiger partial charge is 0.337 e. The minimum absolute atomic E-state index is 0.318. The van der Waals surface area contributed by atoms with E-state index >= 15 is 0 Å². The van der Waals surface area contributed by atoms with Crippen molar-refractivity contribution in [1.29, 1.82) is 0 Å². The van der Waals surface area contributed by atoms with Crippen LogP contribution < -0.4 is 10.2 Å². The second kappa shape index (κ2) is 5.63. The van der Waals surface area contributed by atoms with E-state index in [4.69, 9.17) is 4.74 Å². The van der Waals surface area contributed by atoms with Gasteiger partial charge in [0.1, 0.15) is 0 Å². The standard InChI is InChI=1S/C13H18N2O2S/c1-9-11(15-5-3-14-4-6-15)7-10(8-12(9)18)13(16)17-2/h7-8,14,18H,3-6H2,1-2H3. The second-order valence-corrected chi connectivity index (χ2v) is 4.85. The first-order valence-corrected chi connectivity index (χ1v) is 6.46. The molecule has 1 aromatic carbocycles. The highest BCUT2D eigenvalue weighted by Gasteiger charge is 2.17. The molecule has 1 N–H and O–H groups in total. The van der Waals surface area contributed by atoms with Gasteiger partial charge in [-0.3, -0.25) is 0 Å². The zero-order valence-corrected chi connectivity index (χ0v) is 11.6. The molecule has 0 saturated carbocycles. The van der Waals surface area contributed by atoms with E-state index < -0.39 is 0 Å². The van der Waals surface area contributed by atoms with Gasteiger partial charge in [-0.05, 0) is 24.6 Å². The van der Waals surface area contributed by atoms with Crippen molar-refractivity contribution in [3.05, 3.63) is 23.3 Å². The van der Waals surface area contributed by atoms with Crippen molar-refractivity contribution in [2.45, 2.75) is 11.8 Å². The number of thiol groups is 1. The molecular weight excluding hydrogens is 248 g/mol. The maximum Gasteiger partial charge on any atom is 0.337 e. The Morgan fingerprint density at radius 1 is 1.39 bits per heavy atom. The number of piperazine rings is 1. The van der Waals surface area contributed by atoms with E-state index in [9.17, 15) is 4.79 Å². The van der Waals surface area contributed by atoms with Gasteiger partial charge >= 0.3 is 5.97 Å². The number of carbonyl (C=O) groups is 1. The number of carbonyl (C=O) groups excluding carboxylic acids is 1. The van der Waals surface area contributed by atoms with Crippen molar-refractivity contribution in [2.24, 2.45) is 0 Å². The fraction of sp³-hybridized carbons (Fsp3) is 0.462. The number of rotatable bonds is 2. The molecule has 98 valence electrons. The fourth-order valence-corrected chi connectivity index (χ4v) is 2.41. The number of nitrogens with one attached hydrogen (secondary N) is 1. The molecule has 5 heteroatoms. The van der Waals surface area contributed by atoms with Gasteiger partial charge in [-0.25, -0.2) is 4.79 Å². The van der Waals surface area contributed by atoms with Gasteiger partial charge in [0.2, 0.25) is 0 Å². The Bertz CT molecular complexity index is 457. The second-order valence-electron chi connectivity index (χ2n) is 4.37. The van der Waals surface area contributed by atoms with Gasteiger partial charge in [-0.1, -0.05) is 0 Å². The van der Waals surface area contributed by atoms with Gasteiger partial charge < -0.3 is 15.0 Å². The molecule has 0 amide bonds. The lowest BCUT2D eigenvalue weighted by Crippen LogP contribution is -2.43. The van der Waals surface area contributed by atoms with Gasteiger partial charge in [0.15, 0.2) is 0 Å². The summed E-state index contributed by atoms with van der Waals surface area (Å²) >= 11 is 4.44. The van der Waals surface area contributed by atoms with Crippen molar-refractivity contribution >= 4 is 24.3 Å². The van der Waals surface area contributed by atoms with E-state index in [1.165, 1.54) is 7.11 Å². The Balaban J connectivity index is 2.38. The monoisotopic (exact) mass is 266 g/mol. The van der Waals surface area contributed by atoms with E-state index in [0.717, 1.165) is 42.3 Å². The quantitative estimate of drug-likeness (QED) is 0.628. The van der Waals surface area contributed by atoms with E-state index in [1.807, 2.05) is 13.0 Å². The molecule has 1 saturated heterocycles. The first-order chi connectivity index (χ1) is 8.63. The zero-order valence-electron chi connectivity index (χ0n) is 10.7. The maximum absolute atomic E-state index is 11.6. The summed E-state index contributed by atoms with van der Waals surface area (Å²) in [6.45, 7) is 5.84. The third kappa shape index (κ3) is 2.62. The van der Waals surface area contributed by atoms with Gasteiger partial charge in [0.05, 0.1) is 12.7 Å². The highest BCUT2D eigenvalue weighted by atomic mass is 32.1. The van der Waals surface area contributed by atoms with Crippen LogP contribution in [0.4, 0.5) is 5.69 Å². The number of esters is 1. The highest BCUT2D eigenvalue weighted by Crippen LogP contribution is 2.28. The predicted octanol–water partition coefficient (Wildman–Crippen LogP) is 1.48. The van der Waals surface area contributed by atoms with Crippen molar-refractivity contribution in [1.82, 2.24) is 5.32 Å². The fourth-order valence-electron chi connectivity index (χ4n) is 2.15. The van der Waals surface area contributed by atoms with Crippen molar-refractivity contribution < 1.29 is 9.53 Å². The van der Waals surface area contributed by atoms with E-state index in [2.05, 4.69) is 22.8 Å². The minimum atomic E-state index is -0.318. The Morgan fingerprint density at radius 3 is 2.67 bits per heavy atom. The molecule has 1 aliphatic heterocycles. The van der Waals surface area contributed by atoms with Crippen LogP contribution in [0, 0.1) is 6.92 Å². The zero-order chi connectivity index (χ0) is 13.1. The number of hydrogen-bond acceptors (Lipinski definition) is 5. The van der Waals surface area contributed by atoms with E-state index in [0.29, 0.717) is 5.56 Å². The largest absolute Gasteiger partial charge is 0.465 e. The van der Waals surface area contributed by atoms with Gasteiger partial charge in [-0.2, -0.15) is 0 Å². The normalized spacial score (nSPS) is 15.6. The number of methoxy groups -OCH3 is 1. The molecule has 0 spiro atoms. The first kappa shape index (κ1) is 13.2. The Morgan fingerprint density at radius 2 is 2.06 bits per heavy atom. The summed E-state index contributed by atoms with van der Waals surface area (Å²) in [5, 5.41) is 3.31. The van der Waals surface area contributed by atoms with Crippen LogP contribution in [0.5, 0.6) is 0 Å². The maximum atomic E-state index is 11.6.